The molecule has 0 aliphatic carbocycles. The van der Waals surface area contributed by atoms with Crippen LogP contribution in [0.2, 0.25) is 0 Å². The Morgan fingerprint density at radius 2 is 2.05 bits per heavy atom. The molecule has 0 atom stereocenters. The summed E-state index contributed by atoms with van der Waals surface area (Å²) >= 11 is 0. The summed E-state index contributed by atoms with van der Waals surface area (Å²) in [5.74, 6) is -1.76. The maximum absolute atomic E-state index is 13.4. The molecule has 0 bridgehead atoms. The maximum Gasteiger partial charge on any atom is 0.300 e. The van der Waals surface area contributed by atoms with E-state index in [1.54, 1.807) is 11.6 Å². The van der Waals surface area contributed by atoms with Crippen LogP contribution in [0.1, 0.15) is 21.9 Å². The molecule has 21 heavy (non-hydrogen) atoms. The lowest BCUT2D eigenvalue weighted by Crippen LogP contribution is -2.31. The maximum atomic E-state index is 13.4. The van der Waals surface area contributed by atoms with Crippen LogP contribution in [0.5, 0.6) is 0 Å². The third-order valence-corrected chi connectivity index (χ3v) is 3.94. The number of nitrogens with zero attached hydrogens (tertiary/aromatic N) is 1. The molecular weight excluding hydrogens is 299 g/mol. The molecule has 108 valence electrons. The van der Waals surface area contributed by atoms with Gasteiger partial charge in [0.15, 0.2) is 5.76 Å². The van der Waals surface area contributed by atoms with E-state index < -0.39 is 32.2 Å². The second-order valence-electron chi connectivity index (χ2n) is 4.07. The van der Waals surface area contributed by atoms with E-state index in [9.17, 15) is 17.6 Å². The zero-order chi connectivity index (χ0) is 15.6. The van der Waals surface area contributed by atoms with Crippen molar-refractivity contribution in [3.8, 4) is 6.07 Å². The van der Waals surface area contributed by atoms with E-state index in [0.29, 0.717) is 5.76 Å². The highest BCUT2D eigenvalue weighted by Gasteiger charge is 2.25. The fourth-order valence-corrected chi connectivity index (χ4v) is 2.74. The van der Waals surface area contributed by atoms with Crippen LogP contribution in [0.4, 0.5) is 4.39 Å². The number of rotatable bonds is 3. The number of carbonyl (C=O) groups excluding carboxylic acids is 1. The minimum atomic E-state index is -4.39. The average molecular weight is 308 g/mol. The standard InChI is InChI=1S/C13H9FN2O4S/c1-8-5-6-11(20-8)13(17)16-21(18,19)12-4-2-3-10(14)9(12)7-15/h2-6H,1H3,(H,16,17). The largest absolute Gasteiger partial charge is 0.456 e. The molecule has 8 heteroatoms. The van der Waals surface area contributed by atoms with E-state index in [1.165, 1.54) is 18.2 Å². The summed E-state index contributed by atoms with van der Waals surface area (Å²) in [6.07, 6.45) is 0. The minimum absolute atomic E-state index is 0.203. The number of carbonyl (C=O) groups is 1. The van der Waals surface area contributed by atoms with Gasteiger partial charge in [-0.1, -0.05) is 6.07 Å². The molecule has 0 fully saturated rings. The monoisotopic (exact) mass is 308 g/mol. The highest BCUT2D eigenvalue weighted by atomic mass is 32.2. The van der Waals surface area contributed by atoms with Crippen LogP contribution >= 0.6 is 0 Å². The summed E-state index contributed by atoms with van der Waals surface area (Å²) < 4.78 is 44.3. The smallest absolute Gasteiger partial charge is 0.300 e. The van der Waals surface area contributed by atoms with Crippen LogP contribution in [-0.2, 0) is 10.0 Å². The third kappa shape index (κ3) is 2.93. The zero-order valence-corrected chi connectivity index (χ0v) is 11.6. The number of furan rings is 1. The summed E-state index contributed by atoms with van der Waals surface area (Å²) in [4.78, 5) is 11.2. The molecule has 0 spiro atoms. The van der Waals surface area contributed by atoms with Crippen molar-refractivity contribution in [1.82, 2.24) is 4.72 Å². The summed E-state index contributed by atoms with van der Waals surface area (Å²) in [6.45, 7) is 1.59. The molecule has 1 N–H and O–H groups in total. The van der Waals surface area contributed by atoms with Crippen molar-refractivity contribution >= 4 is 15.9 Å². The lowest BCUT2D eigenvalue weighted by Gasteiger charge is -2.07. The predicted octanol–water partition coefficient (Wildman–Crippen LogP) is 1.72. The van der Waals surface area contributed by atoms with E-state index >= 15 is 0 Å². The van der Waals surface area contributed by atoms with Gasteiger partial charge >= 0.3 is 5.91 Å². The molecule has 2 rings (SSSR count). The molecular formula is C13H9FN2O4S. The van der Waals surface area contributed by atoms with Crippen LogP contribution in [0, 0.1) is 24.1 Å². The number of benzene rings is 1. The Labute approximate surface area is 119 Å². The van der Waals surface area contributed by atoms with Crippen LogP contribution in [0.25, 0.3) is 0 Å². The van der Waals surface area contributed by atoms with Gasteiger partial charge in [-0.2, -0.15) is 5.26 Å². The third-order valence-electron chi connectivity index (χ3n) is 2.57. The van der Waals surface area contributed by atoms with Crippen molar-refractivity contribution in [2.45, 2.75) is 11.8 Å². The van der Waals surface area contributed by atoms with Crippen molar-refractivity contribution in [1.29, 1.82) is 5.26 Å². The van der Waals surface area contributed by atoms with Gasteiger partial charge in [-0.05, 0) is 31.2 Å². The van der Waals surface area contributed by atoms with E-state index in [2.05, 4.69) is 0 Å². The van der Waals surface area contributed by atoms with Crippen LogP contribution in [0.3, 0.4) is 0 Å². The summed E-state index contributed by atoms with van der Waals surface area (Å²) in [7, 11) is -4.39. The molecule has 0 unspecified atom stereocenters. The molecule has 0 aliphatic rings. The van der Waals surface area contributed by atoms with Gasteiger partial charge in [-0.25, -0.2) is 17.5 Å². The number of aryl methyl sites for hydroxylation is 1. The number of hydrogen-bond donors (Lipinski definition) is 1. The van der Waals surface area contributed by atoms with Gasteiger partial charge in [0.2, 0.25) is 0 Å². The van der Waals surface area contributed by atoms with Crippen molar-refractivity contribution < 1.29 is 22.0 Å². The lowest BCUT2D eigenvalue weighted by molar-refractivity contribution is 0.0953. The van der Waals surface area contributed by atoms with E-state index in [-0.39, 0.29) is 5.76 Å². The zero-order valence-electron chi connectivity index (χ0n) is 10.8. The topological polar surface area (TPSA) is 100 Å². The molecule has 1 amide bonds. The second-order valence-corrected chi connectivity index (χ2v) is 5.72. The predicted molar refractivity (Wildman–Crippen MR) is 69.2 cm³/mol. The van der Waals surface area contributed by atoms with Gasteiger partial charge in [0, 0.05) is 0 Å². The quantitative estimate of drug-likeness (QED) is 0.930. The normalized spacial score (nSPS) is 10.9. The molecule has 1 aromatic heterocycles. The highest BCUT2D eigenvalue weighted by Crippen LogP contribution is 2.18. The summed E-state index contributed by atoms with van der Waals surface area (Å²) in [5.41, 5.74) is -0.659. The number of halogens is 1. The van der Waals surface area contributed by atoms with Crippen molar-refractivity contribution in [3.05, 3.63) is 53.2 Å². The number of hydrogen-bond acceptors (Lipinski definition) is 5. The van der Waals surface area contributed by atoms with E-state index in [4.69, 9.17) is 9.68 Å². The van der Waals surface area contributed by atoms with Crippen LogP contribution < -0.4 is 4.72 Å². The first-order valence-electron chi connectivity index (χ1n) is 5.67. The molecule has 0 radical (unpaired) electrons. The van der Waals surface area contributed by atoms with Gasteiger partial charge in [-0.15, -0.1) is 0 Å². The molecule has 0 aliphatic heterocycles. The number of nitrogens with one attached hydrogen (secondary N) is 1. The van der Waals surface area contributed by atoms with Crippen molar-refractivity contribution in [2.24, 2.45) is 0 Å². The minimum Gasteiger partial charge on any atom is -0.456 e. The van der Waals surface area contributed by atoms with E-state index in [0.717, 1.165) is 18.2 Å². The molecule has 6 nitrogen and oxygen atoms in total. The molecule has 2 aromatic rings. The Morgan fingerprint density at radius 1 is 1.33 bits per heavy atom. The Balaban J connectivity index is 2.38. The summed E-state index contributed by atoms with van der Waals surface area (Å²) in [5, 5.41) is 8.83. The van der Waals surface area contributed by atoms with E-state index in [1.807, 2.05) is 0 Å². The number of sulfonamides is 1. The first kappa shape index (κ1) is 14.7. The van der Waals surface area contributed by atoms with Gasteiger partial charge in [0.25, 0.3) is 10.0 Å². The SMILES string of the molecule is Cc1ccc(C(=O)NS(=O)(=O)c2cccc(F)c2C#N)o1. The van der Waals surface area contributed by atoms with Gasteiger partial charge in [0.1, 0.15) is 28.1 Å². The Morgan fingerprint density at radius 3 is 2.62 bits per heavy atom. The number of amides is 1. The first-order valence-corrected chi connectivity index (χ1v) is 7.15. The first-order chi connectivity index (χ1) is 9.85. The molecule has 1 aromatic carbocycles. The molecule has 0 saturated carbocycles. The Kier molecular flexibility index (Phi) is 3.78. The fraction of sp³-hybridized carbons (Fsp3) is 0.0769. The molecule has 0 saturated heterocycles. The second kappa shape index (κ2) is 5.38. The Bertz CT molecular complexity index is 849. The average Bonchev–Trinajstić information content (AvgIpc) is 2.85. The Hall–Kier alpha value is -2.66. The van der Waals surface area contributed by atoms with Crippen LogP contribution in [0.15, 0.2) is 39.6 Å². The van der Waals surface area contributed by atoms with Crippen molar-refractivity contribution in [3.63, 3.8) is 0 Å². The van der Waals surface area contributed by atoms with Gasteiger partial charge < -0.3 is 4.42 Å². The fourth-order valence-electron chi connectivity index (χ4n) is 1.62. The van der Waals surface area contributed by atoms with Gasteiger partial charge in [0.05, 0.1) is 0 Å². The lowest BCUT2D eigenvalue weighted by atomic mass is 10.2. The van der Waals surface area contributed by atoms with Crippen molar-refractivity contribution in [2.75, 3.05) is 0 Å². The van der Waals surface area contributed by atoms with Gasteiger partial charge in [-0.3, -0.25) is 4.79 Å². The molecule has 1 heterocycles. The van der Waals surface area contributed by atoms with Crippen LogP contribution in [-0.4, -0.2) is 14.3 Å². The number of nitriles is 1. The summed E-state index contributed by atoms with van der Waals surface area (Å²) in [6, 6.07) is 7.37. The highest BCUT2D eigenvalue weighted by molar-refractivity contribution is 7.90.